The molecule has 0 radical (unpaired) electrons. The zero-order chi connectivity index (χ0) is 30.0. The first-order chi connectivity index (χ1) is 18.6. The molecule has 222 valence electrons. The minimum atomic E-state index is -4.38. The van der Waals surface area contributed by atoms with E-state index in [-0.39, 0.29) is 5.41 Å². The van der Waals surface area contributed by atoms with Gasteiger partial charge in [0.2, 0.25) is 0 Å². The van der Waals surface area contributed by atoms with E-state index in [0.29, 0.717) is 17.9 Å². The average molecular weight is 560 g/mol. The van der Waals surface area contributed by atoms with Crippen LogP contribution in [0.2, 0.25) is 0 Å². The van der Waals surface area contributed by atoms with Crippen LogP contribution in [-0.2, 0) is 22.9 Å². The molecule has 2 unspecified atom stereocenters. The van der Waals surface area contributed by atoms with Crippen molar-refractivity contribution in [1.29, 1.82) is 0 Å². The minimum Gasteiger partial charge on any atom is -0.388 e. The molecule has 0 bridgehead atoms. The zero-order valence-electron chi connectivity index (χ0n) is 25.4. The molecule has 6 heteroatoms. The third-order valence-electron chi connectivity index (χ3n) is 8.48. The number of halogens is 3. The van der Waals surface area contributed by atoms with Crippen LogP contribution in [0.5, 0.6) is 0 Å². The Balaban J connectivity index is 0.000000570. The maximum atomic E-state index is 13.2. The molecule has 1 aliphatic heterocycles. The second-order valence-corrected chi connectivity index (χ2v) is 13.1. The van der Waals surface area contributed by atoms with Crippen molar-refractivity contribution in [2.24, 2.45) is 11.3 Å². The summed E-state index contributed by atoms with van der Waals surface area (Å²) in [7, 11) is 0. The SMILES string of the molecule is C=C.CC1(C)Cc2nc3c(c(C4CCCC4)c2C(O)C1)C(c1ccc(C(F)(F)F)cc1)OC3(C)C.CCC(C)C. The Bertz CT molecular complexity index is 1150. The molecular weight excluding hydrogens is 511 g/mol. The molecule has 5 rings (SSSR count). The minimum absolute atomic E-state index is 0.0446. The molecule has 1 saturated carbocycles. The van der Waals surface area contributed by atoms with Crippen molar-refractivity contribution in [2.75, 3.05) is 0 Å². The molecule has 0 spiro atoms. The summed E-state index contributed by atoms with van der Waals surface area (Å²) in [6.45, 7) is 20.9. The molecule has 3 nitrogen and oxygen atoms in total. The molecule has 3 aliphatic rings. The van der Waals surface area contributed by atoms with Crippen LogP contribution in [0.25, 0.3) is 0 Å². The van der Waals surface area contributed by atoms with Crippen molar-refractivity contribution in [1.82, 2.24) is 4.98 Å². The molecule has 0 saturated heterocycles. The van der Waals surface area contributed by atoms with E-state index in [9.17, 15) is 18.3 Å². The quantitative estimate of drug-likeness (QED) is 0.381. The van der Waals surface area contributed by atoms with Gasteiger partial charge in [0, 0.05) is 16.8 Å². The van der Waals surface area contributed by atoms with Crippen molar-refractivity contribution < 1.29 is 23.0 Å². The van der Waals surface area contributed by atoms with Crippen molar-refractivity contribution in [3.05, 3.63) is 76.6 Å². The van der Waals surface area contributed by atoms with Crippen LogP contribution in [0.15, 0.2) is 37.4 Å². The molecule has 0 amide bonds. The van der Waals surface area contributed by atoms with Crippen LogP contribution in [0.1, 0.15) is 144 Å². The van der Waals surface area contributed by atoms with E-state index in [1.54, 1.807) is 0 Å². The molecule has 1 aromatic heterocycles. The van der Waals surface area contributed by atoms with Crippen molar-refractivity contribution >= 4 is 0 Å². The lowest BCUT2D eigenvalue weighted by molar-refractivity contribution is -0.137. The smallest absolute Gasteiger partial charge is 0.388 e. The molecule has 1 aromatic carbocycles. The molecule has 1 fully saturated rings. The maximum absolute atomic E-state index is 13.2. The van der Waals surface area contributed by atoms with Gasteiger partial charge in [-0.1, -0.05) is 66.0 Å². The second kappa shape index (κ2) is 12.4. The van der Waals surface area contributed by atoms with E-state index in [1.165, 1.54) is 18.6 Å². The van der Waals surface area contributed by atoms with Gasteiger partial charge in [-0.15, -0.1) is 13.2 Å². The van der Waals surface area contributed by atoms with E-state index < -0.39 is 29.5 Å². The van der Waals surface area contributed by atoms with Gasteiger partial charge in [-0.25, -0.2) is 0 Å². The highest BCUT2D eigenvalue weighted by molar-refractivity contribution is 5.53. The normalized spacial score (nSPS) is 23.0. The summed E-state index contributed by atoms with van der Waals surface area (Å²) in [6.07, 6.45) is 1.72. The number of aliphatic hydroxyl groups excluding tert-OH is 1. The molecule has 2 aromatic rings. The molecule has 2 aliphatic carbocycles. The van der Waals surface area contributed by atoms with Gasteiger partial charge < -0.3 is 9.84 Å². The van der Waals surface area contributed by atoms with Crippen molar-refractivity contribution in [3.63, 3.8) is 0 Å². The van der Waals surface area contributed by atoms with Gasteiger partial charge in [0.1, 0.15) is 11.7 Å². The molecule has 2 atom stereocenters. The van der Waals surface area contributed by atoms with E-state index in [0.717, 1.165) is 78.2 Å². The Morgan fingerprint density at radius 1 is 1.00 bits per heavy atom. The number of hydrogen-bond acceptors (Lipinski definition) is 3. The van der Waals surface area contributed by atoms with Crippen LogP contribution in [0.3, 0.4) is 0 Å². The summed E-state index contributed by atoms with van der Waals surface area (Å²) in [4.78, 5) is 5.09. The Morgan fingerprint density at radius 2 is 1.55 bits per heavy atom. The fourth-order valence-corrected chi connectivity index (χ4v) is 6.21. The fraction of sp³-hybridized carbons (Fsp3) is 0.618. The van der Waals surface area contributed by atoms with E-state index in [1.807, 2.05) is 13.8 Å². The highest BCUT2D eigenvalue weighted by Crippen LogP contribution is 2.55. The first-order valence-electron chi connectivity index (χ1n) is 14.7. The van der Waals surface area contributed by atoms with Gasteiger partial charge in [0.05, 0.1) is 17.4 Å². The number of aromatic nitrogens is 1. The van der Waals surface area contributed by atoms with Crippen LogP contribution in [0, 0.1) is 11.3 Å². The predicted molar refractivity (Wildman–Crippen MR) is 156 cm³/mol. The summed E-state index contributed by atoms with van der Waals surface area (Å²) < 4.78 is 46.0. The number of alkyl halides is 3. The first-order valence-corrected chi connectivity index (χ1v) is 14.7. The van der Waals surface area contributed by atoms with Gasteiger partial charge in [0.25, 0.3) is 0 Å². The highest BCUT2D eigenvalue weighted by atomic mass is 19.4. The lowest BCUT2D eigenvalue weighted by Gasteiger charge is -2.37. The fourth-order valence-electron chi connectivity index (χ4n) is 6.21. The number of ether oxygens (including phenoxy) is 1. The van der Waals surface area contributed by atoms with Crippen molar-refractivity contribution in [2.45, 2.75) is 123 Å². The van der Waals surface area contributed by atoms with Crippen molar-refractivity contribution in [3.8, 4) is 0 Å². The molecule has 40 heavy (non-hydrogen) atoms. The largest absolute Gasteiger partial charge is 0.416 e. The highest BCUT2D eigenvalue weighted by Gasteiger charge is 2.47. The zero-order valence-corrected chi connectivity index (χ0v) is 25.4. The van der Waals surface area contributed by atoms with E-state index >= 15 is 0 Å². The van der Waals surface area contributed by atoms with Crippen LogP contribution in [0.4, 0.5) is 13.2 Å². The number of nitrogens with zero attached hydrogens (tertiary/aromatic N) is 1. The predicted octanol–water partition coefficient (Wildman–Crippen LogP) is 9.97. The third kappa shape index (κ3) is 6.82. The summed E-state index contributed by atoms with van der Waals surface area (Å²) in [5.74, 6) is 1.20. The summed E-state index contributed by atoms with van der Waals surface area (Å²) in [5.41, 5.74) is 4.24. The van der Waals surface area contributed by atoms with Gasteiger partial charge in [-0.3, -0.25) is 4.98 Å². The van der Waals surface area contributed by atoms with Crippen LogP contribution in [-0.4, -0.2) is 10.1 Å². The Labute approximate surface area is 239 Å². The lowest BCUT2D eigenvalue weighted by atomic mass is 9.70. The van der Waals surface area contributed by atoms with E-state index in [4.69, 9.17) is 9.72 Å². The number of pyridine rings is 1. The van der Waals surface area contributed by atoms with Crippen LogP contribution >= 0.6 is 0 Å². The Hall–Kier alpha value is -2.18. The standard InChI is InChI=1S/C27H32F3NO2.C5H12.C2H4/c1-25(2)13-18-21(19(32)14-25)20(15-7-5-6-8-15)22-23(33-26(3,4)24(22)31-18)16-9-11-17(12-10-16)27(28,29)30;1-4-5(2)3;1-2/h9-12,15,19,23,32H,5-8,13-14H2,1-4H3;5H,4H2,1-3H3;1-2H2. The number of hydrogen-bond donors (Lipinski definition) is 1. The monoisotopic (exact) mass is 559 g/mol. The Kier molecular flexibility index (Phi) is 9.99. The first kappa shape index (κ1) is 32.3. The number of aliphatic hydroxyl groups is 1. The topological polar surface area (TPSA) is 42.4 Å². The number of fused-ring (bicyclic) bond motifs is 2. The third-order valence-corrected chi connectivity index (χ3v) is 8.48. The second-order valence-electron chi connectivity index (χ2n) is 13.1. The van der Waals surface area contributed by atoms with Gasteiger partial charge >= 0.3 is 6.18 Å². The summed E-state index contributed by atoms with van der Waals surface area (Å²) in [5, 5.41) is 11.3. The maximum Gasteiger partial charge on any atom is 0.416 e. The summed E-state index contributed by atoms with van der Waals surface area (Å²) >= 11 is 0. The molecule has 2 heterocycles. The molecular formula is C34H48F3NO2. The lowest BCUT2D eigenvalue weighted by Crippen LogP contribution is -2.30. The van der Waals surface area contributed by atoms with Gasteiger partial charge in [0.15, 0.2) is 0 Å². The number of benzene rings is 1. The Morgan fingerprint density at radius 3 is 2.05 bits per heavy atom. The van der Waals surface area contributed by atoms with E-state index in [2.05, 4.69) is 47.8 Å². The van der Waals surface area contributed by atoms with Gasteiger partial charge in [-0.05, 0) is 80.0 Å². The molecule has 1 N–H and O–H groups in total. The average Bonchev–Trinajstić information content (AvgIpc) is 3.50. The summed E-state index contributed by atoms with van der Waals surface area (Å²) in [6, 6.07) is 5.30. The van der Waals surface area contributed by atoms with Crippen LogP contribution < -0.4 is 0 Å². The van der Waals surface area contributed by atoms with Gasteiger partial charge in [-0.2, -0.15) is 13.2 Å². The number of rotatable bonds is 3.